The predicted octanol–water partition coefficient (Wildman–Crippen LogP) is 3.08. The van der Waals surface area contributed by atoms with Gasteiger partial charge in [0.15, 0.2) is 0 Å². The van der Waals surface area contributed by atoms with Gasteiger partial charge in [0.25, 0.3) is 5.56 Å². The van der Waals surface area contributed by atoms with Gasteiger partial charge in [0.1, 0.15) is 4.83 Å². The number of unbranched alkanes of at least 4 members (excludes halogenated alkanes) is 1. The minimum atomic E-state index is 0.122. The lowest BCUT2D eigenvalue weighted by Gasteiger charge is -2.31. The van der Waals surface area contributed by atoms with Crippen molar-refractivity contribution in [3.05, 3.63) is 27.1 Å². The molecule has 2 heterocycles. The van der Waals surface area contributed by atoms with E-state index in [2.05, 4.69) is 23.9 Å². The number of aryl methyl sites for hydroxylation is 2. The summed E-state index contributed by atoms with van der Waals surface area (Å²) < 4.78 is 6.83. The van der Waals surface area contributed by atoms with Crippen LogP contribution < -0.4 is 5.56 Å². The molecular formula is C19H29N3O2S. The zero-order valence-corrected chi connectivity index (χ0v) is 16.4. The number of aromatic nitrogens is 2. The van der Waals surface area contributed by atoms with E-state index in [1.54, 1.807) is 29.3 Å². The number of ether oxygens (including phenoxy) is 1. The van der Waals surface area contributed by atoms with Gasteiger partial charge in [-0.15, -0.1) is 11.3 Å². The monoisotopic (exact) mass is 363 g/mol. The zero-order valence-electron chi connectivity index (χ0n) is 15.6. The molecule has 0 saturated heterocycles. The van der Waals surface area contributed by atoms with Gasteiger partial charge in [-0.1, -0.05) is 13.3 Å². The summed E-state index contributed by atoms with van der Waals surface area (Å²) in [6, 6.07) is 0.594. The van der Waals surface area contributed by atoms with Gasteiger partial charge < -0.3 is 9.64 Å². The lowest BCUT2D eigenvalue weighted by atomic mass is 9.92. The largest absolute Gasteiger partial charge is 0.385 e. The summed E-state index contributed by atoms with van der Waals surface area (Å²) in [6.45, 7) is 4.73. The van der Waals surface area contributed by atoms with Gasteiger partial charge in [-0.3, -0.25) is 9.36 Å². The van der Waals surface area contributed by atoms with Crippen molar-refractivity contribution >= 4 is 21.6 Å². The van der Waals surface area contributed by atoms with E-state index in [1.807, 2.05) is 0 Å². The van der Waals surface area contributed by atoms with Gasteiger partial charge >= 0.3 is 0 Å². The van der Waals surface area contributed by atoms with Gasteiger partial charge in [0, 0.05) is 31.2 Å². The molecule has 1 unspecified atom stereocenters. The van der Waals surface area contributed by atoms with Crippen LogP contribution in [0, 0.1) is 0 Å². The van der Waals surface area contributed by atoms with Crippen molar-refractivity contribution in [1.82, 2.24) is 14.5 Å². The molecular weight excluding hydrogens is 334 g/mol. The number of likely N-dealkylation sites (N-methyl/N-ethyl adjacent to an activating group) is 1. The summed E-state index contributed by atoms with van der Waals surface area (Å²) in [5, 5.41) is 0.870. The third-order valence-electron chi connectivity index (χ3n) is 5.24. The number of fused-ring (bicyclic) bond motifs is 3. The molecule has 6 heteroatoms. The topological polar surface area (TPSA) is 47.4 Å². The second-order valence-electron chi connectivity index (χ2n) is 7.00. The Labute approximate surface area is 153 Å². The average Bonchev–Trinajstić information content (AvgIpc) is 3.00. The van der Waals surface area contributed by atoms with E-state index in [9.17, 15) is 4.79 Å². The summed E-state index contributed by atoms with van der Waals surface area (Å²) in [5.74, 6) is 0. The second kappa shape index (κ2) is 8.43. The molecule has 0 N–H and O–H groups in total. The zero-order chi connectivity index (χ0) is 17.8. The van der Waals surface area contributed by atoms with Crippen molar-refractivity contribution in [2.24, 2.45) is 0 Å². The lowest BCUT2D eigenvalue weighted by Crippen LogP contribution is -2.36. The number of rotatable bonds is 8. The molecule has 1 aliphatic rings. The average molecular weight is 364 g/mol. The summed E-state index contributed by atoms with van der Waals surface area (Å²) >= 11 is 1.72. The van der Waals surface area contributed by atoms with Crippen LogP contribution in [0.2, 0.25) is 0 Å². The molecule has 0 fully saturated rings. The van der Waals surface area contributed by atoms with Crippen LogP contribution >= 0.6 is 11.3 Å². The molecule has 138 valence electrons. The number of hydrogen-bond acceptors (Lipinski definition) is 5. The van der Waals surface area contributed by atoms with Crippen LogP contribution in [0.3, 0.4) is 0 Å². The van der Waals surface area contributed by atoms with Crippen LogP contribution in [0.1, 0.15) is 43.0 Å². The van der Waals surface area contributed by atoms with Gasteiger partial charge in [-0.05, 0) is 51.3 Å². The summed E-state index contributed by atoms with van der Waals surface area (Å²) in [4.78, 5) is 22.2. The molecule has 1 aliphatic carbocycles. The van der Waals surface area contributed by atoms with E-state index in [0.29, 0.717) is 19.2 Å². The smallest absolute Gasteiger partial charge is 0.262 e. The van der Waals surface area contributed by atoms with E-state index in [0.717, 1.165) is 42.4 Å². The van der Waals surface area contributed by atoms with Crippen molar-refractivity contribution in [2.75, 3.05) is 27.3 Å². The molecule has 1 atom stereocenters. The molecule has 2 aromatic rings. The van der Waals surface area contributed by atoms with Crippen LogP contribution in [0.4, 0.5) is 0 Å². The Hall–Kier alpha value is -1.24. The van der Waals surface area contributed by atoms with Crippen LogP contribution in [-0.2, 0) is 24.1 Å². The Balaban J connectivity index is 1.83. The molecule has 0 aliphatic heterocycles. The normalized spacial score (nSPS) is 17.4. The fourth-order valence-electron chi connectivity index (χ4n) is 3.69. The van der Waals surface area contributed by atoms with Crippen LogP contribution in [0.25, 0.3) is 10.2 Å². The summed E-state index contributed by atoms with van der Waals surface area (Å²) in [6.07, 6.45) is 8.21. The minimum Gasteiger partial charge on any atom is -0.385 e. The van der Waals surface area contributed by atoms with Crippen LogP contribution in [0.5, 0.6) is 0 Å². The van der Waals surface area contributed by atoms with Gasteiger partial charge in [0.2, 0.25) is 0 Å². The van der Waals surface area contributed by atoms with E-state index in [4.69, 9.17) is 4.74 Å². The standard InChI is InChI=1S/C19H29N3O2S/c1-4-5-9-21(2)14-7-8-15-16(12-14)25-18-17(15)19(23)22(13-20-18)10-6-11-24-3/h13-14H,4-12H2,1-3H3. The third kappa shape index (κ3) is 3.96. The van der Waals surface area contributed by atoms with E-state index < -0.39 is 0 Å². The highest BCUT2D eigenvalue weighted by molar-refractivity contribution is 7.18. The maximum Gasteiger partial charge on any atom is 0.262 e. The summed E-state index contributed by atoms with van der Waals surface area (Å²) in [7, 11) is 3.92. The second-order valence-corrected chi connectivity index (χ2v) is 8.09. The number of thiophene rings is 1. The lowest BCUT2D eigenvalue weighted by molar-refractivity contribution is 0.190. The number of methoxy groups -OCH3 is 1. The first-order chi connectivity index (χ1) is 12.2. The van der Waals surface area contributed by atoms with Crippen molar-refractivity contribution in [2.45, 2.75) is 58.0 Å². The van der Waals surface area contributed by atoms with Gasteiger partial charge in [0.05, 0.1) is 11.7 Å². The molecule has 0 amide bonds. The molecule has 3 rings (SSSR count). The molecule has 2 aromatic heterocycles. The van der Waals surface area contributed by atoms with Gasteiger partial charge in [-0.25, -0.2) is 4.98 Å². The molecule has 0 bridgehead atoms. The van der Waals surface area contributed by atoms with Crippen molar-refractivity contribution < 1.29 is 4.74 Å². The Morgan fingerprint density at radius 3 is 3.04 bits per heavy atom. The minimum absolute atomic E-state index is 0.122. The Morgan fingerprint density at radius 1 is 1.44 bits per heavy atom. The Morgan fingerprint density at radius 2 is 2.28 bits per heavy atom. The van der Waals surface area contributed by atoms with Crippen molar-refractivity contribution in [1.29, 1.82) is 0 Å². The predicted molar refractivity (Wildman–Crippen MR) is 104 cm³/mol. The quantitative estimate of drug-likeness (QED) is 0.676. The van der Waals surface area contributed by atoms with Gasteiger partial charge in [-0.2, -0.15) is 0 Å². The Bertz CT molecular complexity index is 768. The van der Waals surface area contributed by atoms with Crippen LogP contribution in [0.15, 0.2) is 11.1 Å². The Kier molecular flexibility index (Phi) is 6.25. The first kappa shape index (κ1) is 18.5. The van der Waals surface area contributed by atoms with E-state index in [1.165, 1.54) is 23.3 Å². The first-order valence-corrected chi connectivity index (χ1v) is 10.2. The SMILES string of the molecule is CCCCN(C)C1CCc2c(sc3ncn(CCCOC)c(=O)c23)C1. The molecule has 0 radical (unpaired) electrons. The highest BCUT2D eigenvalue weighted by atomic mass is 32.1. The molecule has 25 heavy (non-hydrogen) atoms. The van der Waals surface area contributed by atoms with Crippen LogP contribution in [-0.4, -0.2) is 47.8 Å². The fraction of sp³-hybridized carbons (Fsp3) is 0.684. The third-order valence-corrected chi connectivity index (χ3v) is 6.41. The molecule has 5 nitrogen and oxygen atoms in total. The fourth-order valence-corrected chi connectivity index (χ4v) is 4.94. The molecule has 0 saturated carbocycles. The number of hydrogen-bond donors (Lipinski definition) is 0. The summed E-state index contributed by atoms with van der Waals surface area (Å²) in [5.41, 5.74) is 1.38. The maximum atomic E-state index is 12.9. The van der Waals surface area contributed by atoms with Crippen molar-refractivity contribution in [3.63, 3.8) is 0 Å². The van der Waals surface area contributed by atoms with Crippen molar-refractivity contribution in [3.8, 4) is 0 Å². The highest BCUT2D eigenvalue weighted by Gasteiger charge is 2.27. The molecule has 0 spiro atoms. The first-order valence-electron chi connectivity index (χ1n) is 9.34. The number of nitrogens with zero attached hydrogens (tertiary/aromatic N) is 3. The highest BCUT2D eigenvalue weighted by Crippen LogP contribution is 2.34. The van der Waals surface area contributed by atoms with E-state index >= 15 is 0 Å². The van der Waals surface area contributed by atoms with E-state index in [-0.39, 0.29) is 5.56 Å². The molecule has 0 aromatic carbocycles. The maximum absolute atomic E-state index is 12.9.